The number of sulfone groups is 1. The van der Waals surface area contributed by atoms with Crippen molar-refractivity contribution in [3.8, 4) is 16.9 Å². The van der Waals surface area contributed by atoms with Gasteiger partial charge in [-0.2, -0.15) is 0 Å². The second-order valence-electron chi connectivity index (χ2n) is 8.36. The number of methoxy groups -OCH3 is 1. The van der Waals surface area contributed by atoms with Gasteiger partial charge < -0.3 is 13.8 Å². The van der Waals surface area contributed by atoms with Gasteiger partial charge in [0, 0.05) is 17.1 Å². The highest BCUT2D eigenvalue weighted by atomic mass is 32.2. The number of aromatic nitrogens is 5. The molecule has 9 nitrogen and oxygen atoms in total. The Balaban J connectivity index is 1.88. The van der Waals surface area contributed by atoms with Gasteiger partial charge in [0.05, 0.1) is 53.1 Å². The van der Waals surface area contributed by atoms with Crippen LogP contribution in [0.4, 0.5) is 0 Å². The molecule has 4 heterocycles. The maximum absolute atomic E-state index is 13.1. The summed E-state index contributed by atoms with van der Waals surface area (Å²) in [4.78, 5) is 13.6. The van der Waals surface area contributed by atoms with Crippen molar-refractivity contribution in [2.45, 2.75) is 38.9 Å². The zero-order valence-corrected chi connectivity index (χ0v) is 20.9. The summed E-state index contributed by atoms with van der Waals surface area (Å²) in [5.41, 5.74) is 4.92. The minimum atomic E-state index is -3.64. The molecule has 0 bridgehead atoms. The Morgan fingerprint density at radius 2 is 1.94 bits per heavy atom. The Morgan fingerprint density at radius 1 is 1.14 bits per heavy atom. The van der Waals surface area contributed by atoms with Crippen molar-refractivity contribution in [1.29, 1.82) is 0 Å². The number of nitrogens with zero attached hydrogens (tertiary/aromatic N) is 5. The maximum Gasteiger partial charge on any atom is 0.229 e. The van der Waals surface area contributed by atoms with Gasteiger partial charge in [-0.15, -0.1) is 0 Å². The molecule has 0 fully saturated rings. The molecule has 0 radical (unpaired) electrons. The van der Waals surface area contributed by atoms with Crippen LogP contribution in [0.3, 0.4) is 0 Å². The van der Waals surface area contributed by atoms with E-state index < -0.39 is 15.9 Å². The molecule has 0 amide bonds. The van der Waals surface area contributed by atoms with Crippen LogP contribution in [0.15, 0.2) is 52.4 Å². The largest absolute Gasteiger partial charge is 0.496 e. The number of pyridine rings is 2. The summed E-state index contributed by atoms with van der Waals surface area (Å²) in [5, 5.41) is 4.79. The van der Waals surface area contributed by atoms with Gasteiger partial charge in [-0.3, -0.25) is 9.97 Å². The lowest BCUT2D eigenvalue weighted by molar-refractivity contribution is 0.393. The maximum atomic E-state index is 13.1. The smallest absolute Gasteiger partial charge is 0.229 e. The van der Waals surface area contributed by atoms with Crippen LogP contribution in [-0.2, 0) is 9.84 Å². The van der Waals surface area contributed by atoms with Gasteiger partial charge in [0.25, 0.3) is 0 Å². The highest BCUT2D eigenvalue weighted by Crippen LogP contribution is 2.40. The standard InChI is InChI=1S/C25H25N5O4S/c1-6-35(31,32)25-28-21-13-27-20-11-18(23-14(2)29-34-16(23)4)22(33-5)12-17(20)24(21)30(25)15(3)19-9-7-8-10-26-19/h7-13,15H,6H2,1-5H3/t15-/m1/s1. The topological polar surface area (TPSA) is 113 Å². The number of aryl methyl sites for hydroxylation is 2. The van der Waals surface area contributed by atoms with E-state index in [1.807, 2.05) is 51.1 Å². The normalized spacial score (nSPS) is 12.9. The minimum absolute atomic E-state index is 0.00350. The number of rotatable bonds is 6. The highest BCUT2D eigenvalue weighted by Gasteiger charge is 2.28. The molecular weight excluding hydrogens is 466 g/mol. The number of hydrogen-bond acceptors (Lipinski definition) is 8. The van der Waals surface area contributed by atoms with Gasteiger partial charge in [0.2, 0.25) is 15.0 Å². The Labute approximate surface area is 202 Å². The SMILES string of the molecule is CCS(=O)(=O)c1nc2cnc3cc(-c4c(C)noc4C)c(OC)cc3c2n1[C@H](C)c1ccccn1. The molecule has 180 valence electrons. The molecular formula is C25H25N5O4S. The van der Waals surface area contributed by atoms with Crippen LogP contribution in [0.25, 0.3) is 33.1 Å². The van der Waals surface area contributed by atoms with Gasteiger partial charge in [0.15, 0.2) is 0 Å². The van der Waals surface area contributed by atoms with Crippen LogP contribution in [0.1, 0.15) is 37.0 Å². The summed E-state index contributed by atoms with van der Waals surface area (Å²) in [7, 11) is -2.04. The van der Waals surface area contributed by atoms with Gasteiger partial charge in [-0.1, -0.05) is 18.1 Å². The lowest BCUT2D eigenvalue weighted by Crippen LogP contribution is -2.17. The number of imidazole rings is 1. The lowest BCUT2D eigenvalue weighted by atomic mass is 10.0. The second kappa shape index (κ2) is 8.46. The van der Waals surface area contributed by atoms with Crippen molar-refractivity contribution in [2.75, 3.05) is 12.9 Å². The average molecular weight is 492 g/mol. The molecule has 4 aromatic heterocycles. The third-order valence-electron chi connectivity index (χ3n) is 6.27. The molecule has 35 heavy (non-hydrogen) atoms. The molecule has 0 aliphatic carbocycles. The Kier molecular flexibility index (Phi) is 5.55. The van der Waals surface area contributed by atoms with Gasteiger partial charge in [0.1, 0.15) is 17.0 Å². The lowest BCUT2D eigenvalue weighted by Gasteiger charge is -2.18. The quantitative estimate of drug-likeness (QED) is 0.337. The van der Waals surface area contributed by atoms with Crippen molar-refractivity contribution in [3.05, 3.63) is 59.9 Å². The summed E-state index contributed by atoms with van der Waals surface area (Å²) >= 11 is 0. The molecule has 10 heteroatoms. The third kappa shape index (κ3) is 3.65. The van der Waals surface area contributed by atoms with E-state index in [1.165, 1.54) is 0 Å². The monoisotopic (exact) mass is 491 g/mol. The van der Waals surface area contributed by atoms with E-state index in [0.717, 1.165) is 27.9 Å². The third-order valence-corrected chi connectivity index (χ3v) is 7.87. The van der Waals surface area contributed by atoms with E-state index in [4.69, 9.17) is 9.26 Å². The van der Waals surface area contributed by atoms with Crippen LogP contribution < -0.4 is 4.74 Å². The van der Waals surface area contributed by atoms with Crippen LogP contribution in [0.2, 0.25) is 0 Å². The van der Waals surface area contributed by atoms with Crippen molar-refractivity contribution >= 4 is 31.8 Å². The summed E-state index contributed by atoms with van der Waals surface area (Å²) in [6.07, 6.45) is 3.30. The summed E-state index contributed by atoms with van der Waals surface area (Å²) in [5.74, 6) is 1.20. The molecule has 1 aromatic carbocycles. The molecule has 0 aliphatic rings. The fourth-order valence-corrected chi connectivity index (χ4v) is 5.52. The van der Waals surface area contributed by atoms with E-state index in [2.05, 4.69) is 20.1 Å². The molecule has 0 saturated heterocycles. The highest BCUT2D eigenvalue weighted by molar-refractivity contribution is 7.91. The molecule has 1 atom stereocenters. The van der Waals surface area contributed by atoms with E-state index in [0.29, 0.717) is 28.1 Å². The summed E-state index contributed by atoms with van der Waals surface area (Å²) < 4.78 is 39.1. The van der Waals surface area contributed by atoms with E-state index in [1.54, 1.807) is 31.0 Å². The first-order valence-electron chi connectivity index (χ1n) is 11.2. The van der Waals surface area contributed by atoms with Crippen molar-refractivity contribution in [3.63, 3.8) is 0 Å². The molecule has 0 aliphatic heterocycles. The van der Waals surface area contributed by atoms with Gasteiger partial charge in [-0.25, -0.2) is 13.4 Å². The second-order valence-corrected chi connectivity index (χ2v) is 10.5. The van der Waals surface area contributed by atoms with Crippen LogP contribution in [-0.4, -0.2) is 46.0 Å². The van der Waals surface area contributed by atoms with Crippen LogP contribution in [0, 0.1) is 13.8 Å². The molecule has 0 saturated carbocycles. The van der Waals surface area contributed by atoms with Gasteiger partial charge in [-0.05, 0) is 45.0 Å². The van der Waals surface area contributed by atoms with Crippen molar-refractivity contribution in [1.82, 2.24) is 24.7 Å². The first kappa shape index (κ1) is 23.0. The molecule has 5 rings (SSSR count). The Morgan fingerprint density at radius 3 is 2.57 bits per heavy atom. The molecule has 0 unspecified atom stereocenters. The average Bonchev–Trinajstić information content (AvgIpc) is 3.43. The number of fused-ring (bicyclic) bond motifs is 3. The fourth-order valence-electron chi connectivity index (χ4n) is 4.48. The Bertz CT molecular complexity index is 1650. The zero-order valence-electron chi connectivity index (χ0n) is 20.1. The summed E-state index contributed by atoms with van der Waals surface area (Å²) in [6, 6.07) is 8.97. The first-order valence-corrected chi connectivity index (χ1v) is 12.9. The first-order chi connectivity index (χ1) is 16.8. The van der Waals surface area contributed by atoms with E-state index in [9.17, 15) is 8.42 Å². The molecule has 5 aromatic rings. The fraction of sp³-hybridized carbons (Fsp3) is 0.280. The minimum Gasteiger partial charge on any atom is -0.496 e. The van der Waals surface area contributed by atoms with Crippen LogP contribution in [0.5, 0.6) is 5.75 Å². The van der Waals surface area contributed by atoms with Crippen LogP contribution >= 0.6 is 0 Å². The summed E-state index contributed by atoms with van der Waals surface area (Å²) in [6.45, 7) is 7.25. The predicted octanol–water partition coefficient (Wildman–Crippen LogP) is 4.66. The zero-order chi connectivity index (χ0) is 24.9. The predicted molar refractivity (Wildman–Crippen MR) is 132 cm³/mol. The Hall–Kier alpha value is -3.79. The van der Waals surface area contributed by atoms with Crippen molar-refractivity contribution in [2.24, 2.45) is 0 Å². The van der Waals surface area contributed by atoms with Crippen molar-refractivity contribution < 1.29 is 17.7 Å². The van der Waals surface area contributed by atoms with Gasteiger partial charge >= 0.3 is 0 Å². The van der Waals surface area contributed by atoms with E-state index in [-0.39, 0.29) is 10.9 Å². The number of benzene rings is 1. The number of ether oxygens (including phenoxy) is 1. The molecule has 0 spiro atoms. The number of hydrogen-bond donors (Lipinski definition) is 0. The van der Waals surface area contributed by atoms with E-state index >= 15 is 0 Å². The molecule has 0 N–H and O–H groups in total.